The van der Waals surface area contributed by atoms with Gasteiger partial charge in [0.1, 0.15) is 0 Å². The highest BCUT2D eigenvalue weighted by molar-refractivity contribution is 5.94. The molecule has 0 radical (unpaired) electrons. The molecular formula is C26H34N4O4. The Morgan fingerprint density at radius 3 is 2.41 bits per heavy atom. The zero-order valence-corrected chi connectivity index (χ0v) is 20.3. The Bertz CT molecular complexity index is 1120. The second-order valence-electron chi connectivity index (χ2n) is 9.40. The van der Waals surface area contributed by atoms with Gasteiger partial charge in [0.05, 0.1) is 12.1 Å². The molecule has 2 aliphatic heterocycles. The summed E-state index contributed by atoms with van der Waals surface area (Å²) in [5.41, 5.74) is 2.73. The van der Waals surface area contributed by atoms with E-state index in [1.54, 1.807) is 38.4 Å². The lowest BCUT2D eigenvalue weighted by Gasteiger charge is -2.30. The molecule has 34 heavy (non-hydrogen) atoms. The SMILES string of the molecule is CCCN1[C@H](C(=O)NCC)[C@@H](CO)[C@@H]2Cn3c(ccc(-c4ccc(C(=O)N(C)C)cc4)c3=O)[C@@H]21. The first-order valence-electron chi connectivity index (χ1n) is 12.0. The van der Waals surface area contributed by atoms with E-state index in [0.717, 1.165) is 24.2 Å². The van der Waals surface area contributed by atoms with Crippen molar-refractivity contribution in [3.63, 3.8) is 0 Å². The molecule has 1 fully saturated rings. The summed E-state index contributed by atoms with van der Waals surface area (Å²) in [6, 6.07) is 10.4. The number of rotatable bonds is 7. The van der Waals surface area contributed by atoms with Crippen molar-refractivity contribution in [2.75, 3.05) is 33.8 Å². The fraction of sp³-hybridized carbons (Fsp3) is 0.500. The molecule has 0 unspecified atom stereocenters. The summed E-state index contributed by atoms with van der Waals surface area (Å²) in [6.45, 7) is 5.61. The van der Waals surface area contributed by atoms with Gasteiger partial charge in [0.2, 0.25) is 5.91 Å². The summed E-state index contributed by atoms with van der Waals surface area (Å²) in [5, 5.41) is 13.2. The molecule has 4 atom stereocenters. The summed E-state index contributed by atoms with van der Waals surface area (Å²) in [6.07, 6.45) is 0.873. The van der Waals surface area contributed by atoms with Crippen molar-refractivity contribution in [3.8, 4) is 11.1 Å². The van der Waals surface area contributed by atoms with Crippen molar-refractivity contribution >= 4 is 11.8 Å². The van der Waals surface area contributed by atoms with Gasteiger partial charge in [0, 0.05) is 62.4 Å². The largest absolute Gasteiger partial charge is 0.396 e. The van der Waals surface area contributed by atoms with Crippen LogP contribution in [0.25, 0.3) is 11.1 Å². The minimum absolute atomic E-state index is 0.00723. The average Bonchev–Trinajstić information content (AvgIpc) is 3.35. The molecule has 2 amide bonds. The Hall–Kier alpha value is -2.97. The van der Waals surface area contributed by atoms with Gasteiger partial charge in [-0.3, -0.25) is 19.3 Å². The number of carbonyl (C=O) groups excluding carboxylic acids is 2. The van der Waals surface area contributed by atoms with Gasteiger partial charge in [-0.25, -0.2) is 0 Å². The number of aromatic nitrogens is 1. The van der Waals surface area contributed by atoms with E-state index in [4.69, 9.17) is 0 Å². The number of fused-ring (bicyclic) bond motifs is 3. The molecule has 0 saturated carbocycles. The fourth-order valence-electron chi connectivity index (χ4n) is 5.67. The van der Waals surface area contributed by atoms with E-state index in [9.17, 15) is 19.5 Å². The third-order valence-electron chi connectivity index (χ3n) is 7.14. The highest BCUT2D eigenvalue weighted by atomic mass is 16.3. The number of nitrogens with one attached hydrogen (secondary N) is 1. The van der Waals surface area contributed by atoms with Gasteiger partial charge in [-0.15, -0.1) is 0 Å². The molecule has 8 nitrogen and oxygen atoms in total. The van der Waals surface area contributed by atoms with Crippen molar-refractivity contribution in [2.24, 2.45) is 11.8 Å². The van der Waals surface area contributed by atoms with Crippen LogP contribution in [0.5, 0.6) is 0 Å². The highest BCUT2D eigenvalue weighted by Gasteiger charge is 2.55. The standard InChI is InChI=1S/C26H34N4O4/c1-5-13-29-22-19(20(15-31)23(29)24(32)27-6-2)14-30-21(22)12-11-18(26(30)34)16-7-9-17(10-8-16)25(33)28(3)4/h7-12,19-20,22-23,31H,5-6,13-15H2,1-4H3,(H,27,32)/t19-,20-,22+,23-/m0/s1. The molecule has 182 valence electrons. The molecule has 0 aliphatic carbocycles. The Balaban J connectivity index is 1.70. The first-order valence-corrected chi connectivity index (χ1v) is 12.0. The van der Waals surface area contributed by atoms with Crippen LogP contribution in [0.15, 0.2) is 41.2 Å². The molecule has 0 spiro atoms. The number of nitrogens with zero attached hydrogens (tertiary/aromatic N) is 3. The van der Waals surface area contributed by atoms with Gasteiger partial charge >= 0.3 is 0 Å². The third kappa shape index (κ3) is 3.95. The van der Waals surface area contributed by atoms with E-state index in [1.807, 2.05) is 23.6 Å². The van der Waals surface area contributed by atoms with E-state index in [1.165, 1.54) is 4.90 Å². The van der Waals surface area contributed by atoms with Crippen molar-refractivity contribution < 1.29 is 14.7 Å². The van der Waals surface area contributed by atoms with Crippen LogP contribution in [0.2, 0.25) is 0 Å². The zero-order valence-electron chi connectivity index (χ0n) is 20.3. The van der Waals surface area contributed by atoms with Crippen LogP contribution in [0.4, 0.5) is 0 Å². The van der Waals surface area contributed by atoms with Crippen LogP contribution in [-0.2, 0) is 11.3 Å². The molecular weight excluding hydrogens is 432 g/mol. The van der Waals surface area contributed by atoms with Crippen molar-refractivity contribution in [1.29, 1.82) is 0 Å². The number of likely N-dealkylation sites (N-methyl/N-ethyl adjacent to an activating group) is 1. The van der Waals surface area contributed by atoms with Crippen molar-refractivity contribution in [2.45, 2.75) is 38.9 Å². The van der Waals surface area contributed by atoms with Crippen molar-refractivity contribution in [3.05, 3.63) is 58.0 Å². The second kappa shape index (κ2) is 9.72. The molecule has 1 aromatic heterocycles. The number of aliphatic hydroxyl groups excluding tert-OH is 1. The van der Waals surface area contributed by atoms with E-state index < -0.39 is 6.04 Å². The lowest BCUT2D eigenvalue weighted by atomic mass is 9.88. The fourth-order valence-corrected chi connectivity index (χ4v) is 5.67. The molecule has 4 rings (SSSR count). The number of amides is 2. The number of hydrogen-bond donors (Lipinski definition) is 2. The Labute approximate surface area is 200 Å². The molecule has 1 saturated heterocycles. The number of benzene rings is 1. The van der Waals surface area contributed by atoms with E-state index >= 15 is 0 Å². The van der Waals surface area contributed by atoms with Crippen LogP contribution < -0.4 is 10.9 Å². The monoisotopic (exact) mass is 466 g/mol. The van der Waals surface area contributed by atoms with Crippen LogP contribution >= 0.6 is 0 Å². The summed E-state index contributed by atoms with van der Waals surface area (Å²) in [4.78, 5) is 42.3. The molecule has 0 bridgehead atoms. The summed E-state index contributed by atoms with van der Waals surface area (Å²) in [5.74, 6) is -0.380. The number of hydrogen-bond acceptors (Lipinski definition) is 5. The molecule has 8 heteroatoms. The molecule has 2 aliphatic rings. The zero-order chi connectivity index (χ0) is 24.6. The van der Waals surface area contributed by atoms with Gasteiger partial charge in [0.25, 0.3) is 11.5 Å². The molecule has 2 aromatic rings. The van der Waals surface area contributed by atoms with Gasteiger partial charge < -0.3 is 19.9 Å². The normalized spacial score (nSPS) is 23.4. The van der Waals surface area contributed by atoms with E-state index in [-0.39, 0.29) is 41.9 Å². The second-order valence-corrected chi connectivity index (χ2v) is 9.40. The minimum Gasteiger partial charge on any atom is -0.396 e. The first-order chi connectivity index (χ1) is 16.3. The lowest BCUT2D eigenvalue weighted by molar-refractivity contribution is -0.127. The summed E-state index contributed by atoms with van der Waals surface area (Å²) >= 11 is 0. The van der Waals surface area contributed by atoms with E-state index in [0.29, 0.717) is 24.2 Å². The van der Waals surface area contributed by atoms with Gasteiger partial charge in [-0.1, -0.05) is 19.1 Å². The smallest absolute Gasteiger partial charge is 0.258 e. The predicted octanol–water partition coefficient (Wildman–Crippen LogP) is 1.73. The van der Waals surface area contributed by atoms with Crippen LogP contribution in [0, 0.1) is 11.8 Å². The topological polar surface area (TPSA) is 94.9 Å². The Kier molecular flexibility index (Phi) is 6.91. The van der Waals surface area contributed by atoms with Gasteiger partial charge in [-0.2, -0.15) is 0 Å². The lowest BCUT2D eigenvalue weighted by Crippen LogP contribution is -2.48. The quantitative estimate of drug-likeness (QED) is 0.648. The predicted molar refractivity (Wildman–Crippen MR) is 130 cm³/mol. The number of likely N-dealkylation sites (tertiary alicyclic amines) is 1. The molecule has 2 N–H and O–H groups in total. The van der Waals surface area contributed by atoms with Crippen LogP contribution in [0.1, 0.15) is 42.4 Å². The summed E-state index contributed by atoms with van der Waals surface area (Å²) in [7, 11) is 3.41. The van der Waals surface area contributed by atoms with Crippen LogP contribution in [0.3, 0.4) is 0 Å². The first kappa shape index (κ1) is 24.2. The number of aliphatic hydroxyl groups is 1. The van der Waals surface area contributed by atoms with Gasteiger partial charge in [0.15, 0.2) is 0 Å². The average molecular weight is 467 g/mol. The number of pyridine rings is 1. The maximum atomic E-state index is 13.5. The molecule has 3 heterocycles. The highest BCUT2D eigenvalue weighted by Crippen LogP contribution is 2.49. The van der Waals surface area contributed by atoms with Gasteiger partial charge in [-0.05, 0) is 49.7 Å². The number of carbonyl (C=O) groups is 2. The maximum absolute atomic E-state index is 13.5. The Morgan fingerprint density at radius 1 is 1.12 bits per heavy atom. The van der Waals surface area contributed by atoms with Crippen molar-refractivity contribution in [1.82, 2.24) is 19.7 Å². The van der Waals surface area contributed by atoms with Crippen LogP contribution in [-0.4, -0.2) is 71.1 Å². The molecule has 1 aromatic carbocycles. The van der Waals surface area contributed by atoms with E-state index in [2.05, 4.69) is 17.1 Å². The maximum Gasteiger partial charge on any atom is 0.258 e. The summed E-state index contributed by atoms with van der Waals surface area (Å²) < 4.78 is 1.81. The minimum atomic E-state index is -0.398. The third-order valence-corrected chi connectivity index (χ3v) is 7.14. The Morgan fingerprint density at radius 2 is 1.82 bits per heavy atom.